The van der Waals surface area contributed by atoms with E-state index >= 15 is 0 Å². The Morgan fingerprint density at radius 1 is 1.10 bits per heavy atom. The number of rotatable bonds is 4. The van der Waals surface area contributed by atoms with Crippen LogP contribution in [0, 0.1) is 0 Å². The van der Waals surface area contributed by atoms with Crippen LogP contribution in [0.1, 0.15) is 18.2 Å². The molecule has 0 fully saturated rings. The minimum atomic E-state index is 0.353. The van der Waals surface area contributed by atoms with Gasteiger partial charge in [-0.1, -0.05) is 30.3 Å². The number of hydrogen-bond acceptors (Lipinski definition) is 4. The maximum absolute atomic E-state index is 5.82. The lowest BCUT2D eigenvalue weighted by Gasteiger charge is -2.11. The maximum atomic E-state index is 5.82. The molecule has 2 heterocycles. The molecule has 0 bridgehead atoms. The molecule has 0 amide bonds. The molecule has 2 aromatic heterocycles. The molecule has 3 aromatic rings. The van der Waals surface area contributed by atoms with E-state index in [1.807, 2.05) is 28.9 Å². The molecule has 0 radical (unpaired) electrons. The molecule has 5 heteroatoms. The minimum Gasteiger partial charge on any atom is -0.325 e. The van der Waals surface area contributed by atoms with Crippen molar-refractivity contribution in [3.05, 3.63) is 60.0 Å². The van der Waals surface area contributed by atoms with Crippen LogP contribution in [0.3, 0.4) is 0 Å². The third kappa shape index (κ3) is 2.43. The predicted octanol–water partition coefficient (Wildman–Crippen LogP) is 2.35. The minimum absolute atomic E-state index is 0.353. The first-order chi connectivity index (χ1) is 10.3. The summed E-state index contributed by atoms with van der Waals surface area (Å²) in [6, 6.07) is 12.1. The number of benzene rings is 1. The number of aromatic nitrogens is 4. The van der Waals surface area contributed by atoms with Crippen molar-refractivity contribution >= 4 is 0 Å². The fraction of sp³-hybridized carbons (Fsp3) is 0.188. The van der Waals surface area contributed by atoms with Gasteiger partial charge in [0.15, 0.2) is 0 Å². The molecule has 0 unspecified atom stereocenters. The Bertz CT molecular complexity index is 733. The van der Waals surface area contributed by atoms with Gasteiger partial charge in [-0.3, -0.25) is 4.98 Å². The van der Waals surface area contributed by atoms with Gasteiger partial charge in [0.1, 0.15) is 5.69 Å². The van der Waals surface area contributed by atoms with E-state index in [0.717, 1.165) is 29.1 Å². The molecule has 5 nitrogen and oxygen atoms in total. The van der Waals surface area contributed by atoms with E-state index < -0.39 is 0 Å². The van der Waals surface area contributed by atoms with Crippen molar-refractivity contribution in [3.8, 4) is 16.9 Å². The average Bonchev–Trinajstić information content (AvgIpc) is 2.99. The molecule has 1 aromatic carbocycles. The Balaban J connectivity index is 2.23. The van der Waals surface area contributed by atoms with Crippen LogP contribution >= 0.6 is 0 Å². The zero-order chi connectivity index (χ0) is 14.7. The van der Waals surface area contributed by atoms with Gasteiger partial charge in [0.2, 0.25) is 0 Å². The fourth-order valence-electron chi connectivity index (χ4n) is 2.43. The Morgan fingerprint density at radius 3 is 2.57 bits per heavy atom. The lowest BCUT2D eigenvalue weighted by atomic mass is 10.1. The highest BCUT2D eigenvalue weighted by atomic mass is 15.4. The lowest BCUT2D eigenvalue weighted by Crippen LogP contribution is -2.05. The molecule has 0 aliphatic heterocycles. The Kier molecular flexibility index (Phi) is 3.75. The third-order valence-corrected chi connectivity index (χ3v) is 3.49. The van der Waals surface area contributed by atoms with E-state index in [2.05, 4.69) is 34.4 Å². The van der Waals surface area contributed by atoms with Crippen molar-refractivity contribution in [1.29, 1.82) is 0 Å². The van der Waals surface area contributed by atoms with Gasteiger partial charge in [-0.15, -0.1) is 5.10 Å². The van der Waals surface area contributed by atoms with Crippen LogP contribution in [0.5, 0.6) is 0 Å². The van der Waals surface area contributed by atoms with Gasteiger partial charge in [-0.2, -0.15) is 0 Å². The van der Waals surface area contributed by atoms with Crippen LogP contribution in [-0.4, -0.2) is 20.0 Å². The number of aryl methyl sites for hydroxylation is 1. The fourth-order valence-corrected chi connectivity index (χ4v) is 2.43. The summed E-state index contributed by atoms with van der Waals surface area (Å²) in [6.07, 6.45) is 4.46. The van der Waals surface area contributed by atoms with Crippen LogP contribution in [0.15, 0.2) is 48.8 Å². The molecule has 0 spiro atoms. The molecule has 0 saturated heterocycles. The lowest BCUT2D eigenvalue weighted by molar-refractivity contribution is 0.791. The molecule has 106 valence electrons. The second-order valence-corrected chi connectivity index (χ2v) is 4.72. The van der Waals surface area contributed by atoms with Gasteiger partial charge < -0.3 is 5.73 Å². The van der Waals surface area contributed by atoms with E-state index in [1.165, 1.54) is 5.56 Å². The second kappa shape index (κ2) is 5.85. The summed E-state index contributed by atoms with van der Waals surface area (Å²) in [4.78, 5) is 4.07. The van der Waals surface area contributed by atoms with Crippen molar-refractivity contribution in [2.24, 2.45) is 5.73 Å². The van der Waals surface area contributed by atoms with Crippen molar-refractivity contribution in [1.82, 2.24) is 20.0 Å². The van der Waals surface area contributed by atoms with Crippen molar-refractivity contribution in [2.75, 3.05) is 0 Å². The third-order valence-electron chi connectivity index (χ3n) is 3.49. The quantitative estimate of drug-likeness (QED) is 0.796. The largest absolute Gasteiger partial charge is 0.325 e. The van der Waals surface area contributed by atoms with Crippen LogP contribution in [0.4, 0.5) is 0 Å². The summed E-state index contributed by atoms with van der Waals surface area (Å²) in [6.45, 7) is 2.48. The van der Waals surface area contributed by atoms with Crippen molar-refractivity contribution in [3.63, 3.8) is 0 Å². The summed E-state index contributed by atoms with van der Waals surface area (Å²) in [7, 11) is 0. The van der Waals surface area contributed by atoms with Gasteiger partial charge >= 0.3 is 0 Å². The summed E-state index contributed by atoms with van der Waals surface area (Å²) < 4.78 is 1.87. The first kappa shape index (κ1) is 13.5. The normalized spacial score (nSPS) is 10.8. The van der Waals surface area contributed by atoms with Gasteiger partial charge in [0.25, 0.3) is 0 Å². The highest BCUT2D eigenvalue weighted by molar-refractivity contribution is 5.64. The Hall–Kier alpha value is -2.53. The maximum Gasteiger partial charge on any atom is 0.105 e. The first-order valence-corrected chi connectivity index (χ1v) is 6.98. The standard InChI is InChI=1S/C16H17N5/c1-2-12-5-3-4-6-15(12)21-16(14(11-17)19-20-21)13-7-9-18-10-8-13/h3-10H,2,11,17H2,1H3. The predicted molar refractivity (Wildman–Crippen MR) is 81.9 cm³/mol. The number of hydrogen-bond donors (Lipinski definition) is 1. The SMILES string of the molecule is CCc1ccccc1-n1nnc(CN)c1-c1ccncc1. The summed E-state index contributed by atoms with van der Waals surface area (Å²) in [5, 5.41) is 8.54. The molecule has 2 N–H and O–H groups in total. The molecule has 0 aliphatic rings. The summed E-state index contributed by atoms with van der Waals surface area (Å²) >= 11 is 0. The first-order valence-electron chi connectivity index (χ1n) is 6.98. The van der Waals surface area contributed by atoms with Crippen LogP contribution in [0.25, 0.3) is 16.9 Å². The highest BCUT2D eigenvalue weighted by Gasteiger charge is 2.16. The molecule has 3 rings (SSSR count). The monoisotopic (exact) mass is 279 g/mol. The van der Waals surface area contributed by atoms with Crippen molar-refractivity contribution in [2.45, 2.75) is 19.9 Å². The zero-order valence-corrected chi connectivity index (χ0v) is 11.9. The number of para-hydroxylation sites is 1. The van der Waals surface area contributed by atoms with Gasteiger partial charge in [0, 0.05) is 24.5 Å². The topological polar surface area (TPSA) is 69.6 Å². The Labute approximate surface area is 123 Å². The number of pyridine rings is 1. The molecule has 0 atom stereocenters. The number of nitrogens with zero attached hydrogens (tertiary/aromatic N) is 4. The van der Waals surface area contributed by atoms with E-state index in [4.69, 9.17) is 5.73 Å². The second-order valence-electron chi connectivity index (χ2n) is 4.72. The molecule has 0 aliphatic carbocycles. The van der Waals surface area contributed by atoms with Gasteiger partial charge in [-0.05, 0) is 30.2 Å². The highest BCUT2D eigenvalue weighted by Crippen LogP contribution is 2.26. The van der Waals surface area contributed by atoms with Crippen LogP contribution in [0.2, 0.25) is 0 Å². The van der Waals surface area contributed by atoms with E-state index in [-0.39, 0.29) is 0 Å². The van der Waals surface area contributed by atoms with E-state index in [0.29, 0.717) is 6.54 Å². The van der Waals surface area contributed by atoms with Gasteiger partial charge in [-0.25, -0.2) is 4.68 Å². The smallest absolute Gasteiger partial charge is 0.105 e. The van der Waals surface area contributed by atoms with Crippen molar-refractivity contribution < 1.29 is 0 Å². The molecular formula is C16H17N5. The molecule has 21 heavy (non-hydrogen) atoms. The van der Waals surface area contributed by atoms with Crippen LogP contribution < -0.4 is 5.73 Å². The van der Waals surface area contributed by atoms with E-state index in [9.17, 15) is 0 Å². The zero-order valence-electron chi connectivity index (χ0n) is 11.9. The van der Waals surface area contributed by atoms with E-state index in [1.54, 1.807) is 12.4 Å². The van der Waals surface area contributed by atoms with Crippen LogP contribution in [-0.2, 0) is 13.0 Å². The average molecular weight is 279 g/mol. The van der Waals surface area contributed by atoms with Gasteiger partial charge in [0.05, 0.1) is 11.4 Å². The molecular weight excluding hydrogens is 262 g/mol. The summed E-state index contributed by atoms with van der Waals surface area (Å²) in [5.74, 6) is 0. The summed E-state index contributed by atoms with van der Waals surface area (Å²) in [5.41, 5.74) is 10.8. The molecule has 0 saturated carbocycles. The Morgan fingerprint density at radius 2 is 1.86 bits per heavy atom. The number of nitrogens with two attached hydrogens (primary N) is 1.